The van der Waals surface area contributed by atoms with Crippen LogP contribution >= 0.6 is 8.35 Å². The van der Waals surface area contributed by atoms with E-state index in [9.17, 15) is 0 Å². The third-order valence-corrected chi connectivity index (χ3v) is 6.32. The van der Waals surface area contributed by atoms with Crippen molar-refractivity contribution >= 4 is 31.2 Å². The lowest BCUT2D eigenvalue weighted by atomic mass is 10.0. The van der Waals surface area contributed by atoms with Crippen LogP contribution in [0.4, 0.5) is 5.69 Å². The van der Waals surface area contributed by atoms with Crippen molar-refractivity contribution < 1.29 is 0 Å². The number of anilines is 1. The van der Waals surface area contributed by atoms with Crippen molar-refractivity contribution in [2.45, 2.75) is 52.9 Å². The van der Waals surface area contributed by atoms with Gasteiger partial charge in [0.1, 0.15) is 0 Å². The van der Waals surface area contributed by atoms with E-state index in [-0.39, 0.29) is 0 Å². The van der Waals surface area contributed by atoms with E-state index in [2.05, 4.69) is 77.1 Å². The maximum Gasteiger partial charge on any atom is 0.0733 e. The molecule has 1 aliphatic heterocycles. The summed E-state index contributed by atoms with van der Waals surface area (Å²) in [6.07, 6.45) is 9.37. The number of pyridine rings is 1. The molecule has 1 aromatic heterocycles. The van der Waals surface area contributed by atoms with Gasteiger partial charge in [-0.25, -0.2) is 4.98 Å². The zero-order valence-electron chi connectivity index (χ0n) is 21.8. The normalized spacial score (nSPS) is 12.8. The van der Waals surface area contributed by atoms with Gasteiger partial charge in [-0.3, -0.25) is 5.09 Å². The minimum Gasteiger partial charge on any atom is -0.371 e. The zero-order chi connectivity index (χ0) is 24.8. The molecule has 1 fully saturated rings. The van der Waals surface area contributed by atoms with Crippen LogP contribution in [-0.4, -0.2) is 45.0 Å². The smallest absolute Gasteiger partial charge is 0.0733 e. The van der Waals surface area contributed by atoms with Crippen molar-refractivity contribution in [3.05, 3.63) is 59.7 Å². The number of fused-ring (bicyclic) bond motifs is 1. The van der Waals surface area contributed by atoms with Gasteiger partial charge in [0.05, 0.1) is 11.2 Å². The van der Waals surface area contributed by atoms with Crippen molar-refractivity contribution in [2.24, 2.45) is 0 Å². The number of rotatable bonds is 8. The van der Waals surface area contributed by atoms with Crippen molar-refractivity contribution in [2.75, 3.05) is 38.6 Å². The van der Waals surface area contributed by atoms with Gasteiger partial charge in [-0.05, 0) is 84.4 Å². The summed E-state index contributed by atoms with van der Waals surface area (Å²) in [5.74, 6) is 0. The molecule has 0 unspecified atom stereocenters. The molecule has 2 aromatic carbocycles. The third kappa shape index (κ3) is 7.91. The fourth-order valence-corrected chi connectivity index (χ4v) is 4.15. The van der Waals surface area contributed by atoms with Crippen molar-refractivity contribution in [1.82, 2.24) is 15.4 Å². The molecular weight excluding hydrogens is 435 g/mol. The summed E-state index contributed by atoms with van der Waals surface area (Å²) in [6.45, 7) is 9.57. The van der Waals surface area contributed by atoms with Gasteiger partial charge in [0, 0.05) is 29.7 Å². The lowest BCUT2D eigenvalue weighted by molar-refractivity contribution is 0.725. The first-order chi connectivity index (χ1) is 16.7. The standard InChI is InChI=1S/C25H31N3.C2H6NP.C2H6/c1-3-19-10-13-22-24(17-19)27-23(18-25(22)28-15-4-5-16-28)21-11-8-20(9-12-21)7-6-14-26-2;1-3-4-2;1-2/h8-13,17-18,26H,3-7,14-16H2,1-2H3;3H,2H2,1H3;1-2H3. The number of hydrogen-bond acceptors (Lipinski definition) is 4. The van der Waals surface area contributed by atoms with Gasteiger partial charge < -0.3 is 10.2 Å². The van der Waals surface area contributed by atoms with Crippen LogP contribution in [0.3, 0.4) is 0 Å². The molecule has 34 heavy (non-hydrogen) atoms. The summed E-state index contributed by atoms with van der Waals surface area (Å²) in [6, 6.07) is 18.1. The van der Waals surface area contributed by atoms with Gasteiger partial charge in [0.15, 0.2) is 0 Å². The molecule has 3 aromatic rings. The summed E-state index contributed by atoms with van der Waals surface area (Å²) in [5, 5.41) is 7.30. The Morgan fingerprint density at radius 2 is 1.62 bits per heavy atom. The second kappa shape index (κ2) is 15.6. The summed E-state index contributed by atoms with van der Waals surface area (Å²) in [7, 11) is 4.86. The van der Waals surface area contributed by atoms with E-state index in [1.165, 1.54) is 47.0 Å². The van der Waals surface area contributed by atoms with Crippen LogP contribution in [0.1, 0.15) is 51.2 Å². The molecule has 2 heterocycles. The zero-order valence-corrected chi connectivity index (χ0v) is 22.7. The minimum absolute atomic E-state index is 0.998. The Kier molecular flexibility index (Phi) is 12.8. The highest BCUT2D eigenvalue weighted by atomic mass is 31.1. The quantitative estimate of drug-likeness (QED) is 0.278. The molecule has 2 N–H and O–H groups in total. The summed E-state index contributed by atoms with van der Waals surface area (Å²) in [5.41, 5.74) is 7.51. The average molecular weight is 479 g/mol. The highest BCUT2D eigenvalue weighted by Crippen LogP contribution is 2.33. The SMILES string of the molecule is C=PNC.CC.CCc1ccc2c(N3CCCC3)cc(-c3ccc(CCCNC)cc3)nc2c1. The Hall–Kier alpha value is -2.26. The Balaban J connectivity index is 0.000000618. The molecule has 4 rings (SSSR count). The first-order valence-corrected chi connectivity index (χ1v) is 13.8. The van der Waals surface area contributed by atoms with Crippen molar-refractivity contribution in [3.8, 4) is 11.3 Å². The highest BCUT2D eigenvalue weighted by Gasteiger charge is 2.17. The molecule has 0 radical (unpaired) electrons. The maximum absolute atomic E-state index is 5.05. The molecule has 0 atom stereocenters. The van der Waals surface area contributed by atoms with Gasteiger partial charge in [0.25, 0.3) is 0 Å². The number of nitrogens with zero attached hydrogens (tertiary/aromatic N) is 2. The molecule has 4 nitrogen and oxygen atoms in total. The lowest BCUT2D eigenvalue weighted by Crippen LogP contribution is -2.18. The molecule has 1 aliphatic rings. The minimum atomic E-state index is 0.998. The molecule has 1 saturated heterocycles. The third-order valence-electron chi connectivity index (χ3n) is 6.01. The molecule has 0 spiro atoms. The summed E-state index contributed by atoms with van der Waals surface area (Å²) < 4.78 is 0. The van der Waals surface area contributed by atoms with E-state index in [1.807, 2.05) is 27.9 Å². The van der Waals surface area contributed by atoms with Crippen LogP contribution in [-0.2, 0) is 12.8 Å². The number of aromatic nitrogens is 1. The van der Waals surface area contributed by atoms with Crippen LogP contribution in [0.5, 0.6) is 0 Å². The Labute approximate surface area is 209 Å². The van der Waals surface area contributed by atoms with Crippen LogP contribution in [0, 0.1) is 0 Å². The molecule has 0 amide bonds. The molecule has 0 aliphatic carbocycles. The fourth-order valence-electron chi connectivity index (χ4n) is 4.15. The maximum atomic E-state index is 5.05. The second-order valence-electron chi connectivity index (χ2n) is 8.21. The molecule has 184 valence electrons. The predicted octanol–water partition coefficient (Wildman–Crippen LogP) is 6.74. The van der Waals surface area contributed by atoms with E-state index < -0.39 is 0 Å². The first kappa shape index (κ1) is 28.0. The fraction of sp³-hybridized carbons (Fsp3) is 0.448. The van der Waals surface area contributed by atoms with Gasteiger partial charge in [-0.1, -0.05) is 63.5 Å². The van der Waals surface area contributed by atoms with Gasteiger partial charge in [-0.2, -0.15) is 0 Å². The van der Waals surface area contributed by atoms with Crippen LogP contribution in [0.15, 0.2) is 48.5 Å². The first-order valence-electron chi connectivity index (χ1n) is 12.7. The number of benzene rings is 2. The molecular formula is C29H43N4P. The topological polar surface area (TPSA) is 40.2 Å². The van der Waals surface area contributed by atoms with Gasteiger partial charge >= 0.3 is 0 Å². The van der Waals surface area contributed by atoms with Gasteiger partial charge in [-0.15, -0.1) is 0 Å². The second-order valence-corrected chi connectivity index (χ2v) is 8.98. The summed E-state index contributed by atoms with van der Waals surface area (Å²) >= 11 is 0. The van der Waals surface area contributed by atoms with E-state index in [0.29, 0.717) is 0 Å². The van der Waals surface area contributed by atoms with Crippen LogP contribution in [0.25, 0.3) is 22.2 Å². The highest BCUT2D eigenvalue weighted by molar-refractivity contribution is 7.34. The number of aryl methyl sites for hydroxylation is 2. The molecule has 0 bridgehead atoms. The molecule has 5 heteroatoms. The van der Waals surface area contributed by atoms with Crippen molar-refractivity contribution in [3.63, 3.8) is 0 Å². The van der Waals surface area contributed by atoms with Gasteiger partial charge in [0.2, 0.25) is 0 Å². The largest absolute Gasteiger partial charge is 0.371 e. The van der Waals surface area contributed by atoms with E-state index in [0.717, 1.165) is 52.0 Å². The van der Waals surface area contributed by atoms with Crippen LogP contribution in [0.2, 0.25) is 0 Å². The predicted molar refractivity (Wildman–Crippen MR) is 155 cm³/mol. The monoisotopic (exact) mass is 478 g/mol. The Morgan fingerprint density at radius 1 is 0.971 bits per heavy atom. The van der Waals surface area contributed by atoms with E-state index in [1.54, 1.807) is 0 Å². The number of nitrogens with one attached hydrogen (secondary N) is 2. The number of hydrogen-bond donors (Lipinski definition) is 2. The Bertz CT molecular complexity index is 995. The van der Waals surface area contributed by atoms with E-state index in [4.69, 9.17) is 4.98 Å². The lowest BCUT2D eigenvalue weighted by Gasteiger charge is -2.21. The molecule has 0 saturated carbocycles. The average Bonchev–Trinajstić information content (AvgIpc) is 3.44. The summed E-state index contributed by atoms with van der Waals surface area (Å²) in [4.78, 5) is 7.59. The van der Waals surface area contributed by atoms with Crippen molar-refractivity contribution in [1.29, 1.82) is 0 Å². The van der Waals surface area contributed by atoms with E-state index >= 15 is 0 Å². The Morgan fingerprint density at radius 3 is 2.21 bits per heavy atom. The van der Waals surface area contributed by atoms with Crippen LogP contribution < -0.4 is 15.3 Å².